The molecule has 0 fully saturated rings. The van der Waals surface area contributed by atoms with Crippen molar-refractivity contribution in [1.82, 2.24) is 9.78 Å². The predicted molar refractivity (Wildman–Crippen MR) is 103 cm³/mol. The minimum absolute atomic E-state index is 0.0484. The molecule has 0 spiro atoms. The lowest BCUT2D eigenvalue weighted by Crippen LogP contribution is -2.22. The van der Waals surface area contributed by atoms with E-state index in [0.29, 0.717) is 30.9 Å². The van der Waals surface area contributed by atoms with Gasteiger partial charge in [0.05, 0.1) is 12.3 Å². The number of ether oxygens (including phenoxy) is 1. The van der Waals surface area contributed by atoms with E-state index in [0.717, 1.165) is 17.0 Å². The fourth-order valence-electron chi connectivity index (χ4n) is 2.83. The molecule has 0 aliphatic carbocycles. The molecule has 2 aromatic rings. The van der Waals surface area contributed by atoms with Gasteiger partial charge >= 0.3 is 5.97 Å². The number of nitrogens with one attached hydrogen (secondary N) is 1. The van der Waals surface area contributed by atoms with Crippen molar-refractivity contribution in [3.05, 3.63) is 41.2 Å². The fourth-order valence-corrected chi connectivity index (χ4v) is 2.83. The Hall–Kier alpha value is -2.83. The van der Waals surface area contributed by atoms with Crippen LogP contribution in [0.25, 0.3) is 0 Å². The third-order valence-corrected chi connectivity index (χ3v) is 4.54. The Labute approximate surface area is 159 Å². The van der Waals surface area contributed by atoms with Crippen molar-refractivity contribution in [2.75, 3.05) is 11.9 Å². The van der Waals surface area contributed by atoms with Gasteiger partial charge in [0.25, 0.3) is 0 Å². The van der Waals surface area contributed by atoms with E-state index in [9.17, 15) is 9.59 Å². The zero-order valence-electron chi connectivity index (χ0n) is 16.3. The molecule has 27 heavy (non-hydrogen) atoms. The lowest BCUT2D eigenvalue weighted by atomic mass is 9.99. The minimum Gasteiger partial charge on any atom is -0.494 e. The second-order valence-electron chi connectivity index (χ2n) is 6.74. The van der Waals surface area contributed by atoms with Gasteiger partial charge in [-0.05, 0) is 56.5 Å². The number of aliphatic carboxylic acids is 1. The van der Waals surface area contributed by atoms with E-state index in [1.54, 1.807) is 24.3 Å². The maximum Gasteiger partial charge on any atom is 0.303 e. The zero-order chi connectivity index (χ0) is 20.0. The summed E-state index contributed by atoms with van der Waals surface area (Å²) < 4.78 is 7.32. The first-order chi connectivity index (χ1) is 12.8. The molecule has 2 N–H and O–H groups in total. The molecule has 7 nitrogen and oxygen atoms in total. The first kappa shape index (κ1) is 20.5. The van der Waals surface area contributed by atoms with Crippen LogP contribution in [0.5, 0.6) is 5.75 Å². The number of nitrogens with zero attached hydrogens (tertiary/aromatic N) is 2. The smallest absolute Gasteiger partial charge is 0.303 e. The van der Waals surface area contributed by atoms with Crippen molar-refractivity contribution in [3.63, 3.8) is 0 Å². The van der Waals surface area contributed by atoms with Crippen LogP contribution in [0.15, 0.2) is 24.3 Å². The van der Waals surface area contributed by atoms with Crippen LogP contribution in [0.3, 0.4) is 0 Å². The number of carboxylic acid groups (broad SMARTS) is 1. The Bertz CT molecular complexity index is 796. The van der Waals surface area contributed by atoms with E-state index >= 15 is 0 Å². The molecule has 7 heteroatoms. The molecular weight excluding hydrogens is 346 g/mol. The first-order valence-corrected chi connectivity index (χ1v) is 9.02. The Morgan fingerprint density at radius 3 is 2.48 bits per heavy atom. The average Bonchev–Trinajstić information content (AvgIpc) is 2.86. The summed E-state index contributed by atoms with van der Waals surface area (Å²) in [6.45, 7) is 6.22. The number of benzene rings is 1. The number of hydrogen-bond acceptors (Lipinski definition) is 4. The minimum atomic E-state index is -0.831. The van der Waals surface area contributed by atoms with E-state index in [4.69, 9.17) is 9.84 Å². The third kappa shape index (κ3) is 5.84. The van der Waals surface area contributed by atoms with Crippen LogP contribution in [-0.4, -0.2) is 33.4 Å². The lowest BCUT2D eigenvalue weighted by molar-refractivity contribution is -0.137. The fraction of sp³-hybridized carbons (Fsp3) is 0.450. The van der Waals surface area contributed by atoms with Crippen LogP contribution < -0.4 is 10.1 Å². The maximum absolute atomic E-state index is 12.5. The molecule has 1 heterocycles. The summed E-state index contributed by atoms with van der Waals surface area (Å²) in [5, 5.41) is 15.9. The van der Waals surface area contributed by atoms with Gasteiger partial charge in [0, 0.05) is 30.8 Å². The number of carbonyl (C=O) groups is 2. The van der Waals surface area contributed by atoms with E-state index in [1.807, 2.05) is 32.5 Å². The van der Waals surface area contributed by atoms with Crippen LogP contribution in [-0.2, 0) is 23.1 Å². The number of aryl methyl sites for hydroxylation is 2. The van der Waals surface area contributed by atoms with Gasteiger partial charge in [-0.15, -0.1) is 0 Å². The monoisotopic (exact) mass is 373 g/mol. The average molecular weight is 373 g/mol. The molecular formula is C20H27N3O4. The molecule has 0 saturated carbocycles. The van der Waals surface area contributed by atoms with Gasteiger partial charge in [0.2, 0.25) is 5.91 Å². The van der Waals surface area contributed by atoms with Crippen molar-refractivity contribution < 1.29 is 19.4 Å². The van der Waals surface area contributed by atoms with Crippen LogP contribution >= 0.6 is 0 Å². The van der Waals surface area contributed by atoms with Crippen molar-refractivity contribution in [1.29, 1.82) is 0 Å². The number of carboxylic acids is 1. The number of amides is 1. The van der Waals surface area contributed by atoms with Gasteiger partial charge in [-0.3, -0.25) is 14.3 Å². The highest BCUT2D eigenvalue weighted by Crippen LogP contribution is 2.20. The summed E-state index contributed by atoms with van der Waals surface area (Å²) in [4.78, 5) is 22.9. The summed E-state index contributed by atoms with van der Waals surface area (Å²) >= 11 is 0. The summed E-state index contributed by atoms with van der Waals surface area (Å²) in [5.41, 5.74) is 3.85. The molecule has 1 aromatic heterocycles. The molecule has 2 rings (SSSR count). The number of anilines is 1. The molecule has 0 saturated heterocycles. The van der Waals surface area contributed by atoms with Gasteiger partial charge in [0.15, 0.2) is 0 Å². The molecule has 0 aliphatic heterocycles. The summed E-state index contributed by atoms with van der Waals surface area (Å²) in [6.07, 6.45) is 1.18. The second kappa shape index (κ2) is 9.21. The standard InChI is InChI=1S/C20H27N3O4/c1-13(12-18-14(2)22-23(4)15(18)3)20(26)21-16-7-9-17(10-8-16)27-11-5-6-19(24)25/h7-10,13H,5-6,11-12H2,1-4H3,(H,21,26)(H,24,25). The zero-order valence-corrected chi connectivity index (χ0v) is 16.3. The quantitative estimate of drug-likeness (QED) is 0.659. The SMILES string of the molecule is Cc1nn(C)c(C)c1CC(C)C(=O)Nc1ccc(OCCCC(=O)O)cc1. The number of hydrogen-bond donors (Lipinski definition) is 2. The highest BCUT2D eigenvalue weighted by atomic mass is 16.5. The number of rotatable bonds is 9. The van der Waals surface area contributed by atoms with Gasteiger partial charge in [-0.2, -0.15) is 5.10 Å². The third-order valence-electron chi connectivity index (χ3n) is 4.54. The largest absolute Gasteiger partial charge is 0.494 e. The maximum atomic E-state index is 12.5. The molecule has 0 bridgehead atoms. The lowest BCUT2D eigenvalue weighted by Gasteiger charge is -2.13. The van der Waals surface area contributed by atoms with Crippen molar-refractivity contribution in [2.45, 2.75) is 40.0 Å². The predicted octanol–water partition coefficient (Wildman–Crippen LogP) is 3.10. The van der Waals surface area contributed by atoms with Crippen LogP contribution in [0, 0.1) is 19.8 Å². The highest BCUT2D eigenvalue weighted by Gasteiger charge is 2.18. The van der Waals surface area contributed by atoms with E-state index < -0.39 is 5.97 Å². The normalized spacial score (nSPS) is 11.9. The molecule has 1 atom stereocenters. The summed E-state index contributed by atoms with van der Waals surface area (Å²) in [5.74, 6) is -0.415. The van der Waals surface area contributed by atoms with E-state index in [1.165, 1.54) is 0 Å². The topological polar surface area (TPSA) is 93.5 Å². The summed E-state index contributed by atoms with van der Waals surface area (Å²) in [6, 6.07) is 7.07. The number of carbonyl (C=O) groups excluding carboxylic acids is 1. The molecule has 146 valence electrons. The Balaban J connectivity index is 1.86. The number of aromatic nitrogens is 2. The Morgan fingerprint density at radius 1 is 1.26 bits per heavy atom. The van der Waals surface area contributed by atoms with E-state index in [-0.39, 0.29) is 18.2 Å². The molecule has 0 radical (unpaired) electrons. The van der Waals surface area contributed by atoms with Gasteiger partial charge in [-0.25, -0.2) is 0 Å². The Morgan fingerprint density at radius 2 is 1.93 bits per heavy atom. The molecule has 1 aromatic carbocycles. The first-order valence-electron chi connectivity index (χ1n) is 9.02. The van der Waals surface area contributed by atoms with Crippen molar-refractivity contribution in [2.24, 2.45) is 13.0 Å². The van der Waals surface area contributed by atoms with Crippen LogP contribution in [0.4, 0.5) is 5.69 Å². The van der Waals surface area contributed by atoms with Crippen molar-refractivity contribution >= 4 is 17.6 Å². The summed E-state index contributed by atoms with van der Waals surface area (Å²) in [7, 11) is 1.90. The van der Waals surface area contributed by atoms with Gasteiger partial charge in [-0.1, -0.05) is 6.92 Å². The molecule has 0 aliphatic rings. The molecule has 1 amide bonds. The molecule has 1 unspecified atom stereocenters. The van der Waals surface area contributed by atoms with E-state index in [2.05, 4.69) is 10.4 Å². The van der Waals surface area contributed by atoms with Crippen LogP contribution in [0.1, 0.15) is 36.7 Å². The highest BCUT2D eigenvalue weighted by molar-refractivity contribution is 5.92. The Kier molecular flexibility index (Phi) is 6.98. The van der Waals surface area contributed by atoms with Gasteiger partial charge in [0.1, 0.15) is 5.75 Å². The van der Waals surface area contributed by atoms with Gasteiger partial charge < -0.3 is 15.2 Å². The second-order valence-corrected chi connectivity index (χ2v) is 6.74. The van der Waals surface area contributed by atoms with Crippen LogP contribution in [0.2, 0.25) is 0 Å². The van der Waals surface area contributed by atoms with Crippen molar-refractivity contribution in [3.8, 4) is 5.75 Å².